The Kier molecular flexibility index (Phi) is 7.88. The Morgan fingerprint density at radius 3 is 2.53 bits per heavy atom. The molecule has 3 nitrogen and oxygen atoms in total. The molecule has 0 aromatic carbocycles. The molecule has 0 heterocycles. The average molecular weight is 233 g/mol. The molecule has 0 fully saturated rings. The van der Waals surface area contributed by atoms with Crippen LogP contribution in [0.15, 0.2) is 0 Å². The van der Waals surface area contributed by atoms with Crippen molar-refractivity contribution >= 4 is 17.7 Å². The normalized spacial score (nSPS) is 11.5. The van der Waals surface area contributed by atoms with E-state index in [4.69, 9.17) is 4.74 Å². The second-order valence-electron chi connectivity index (χ2n) is 4.45. The first-order valence-electron chi connectivity index (χ1n) is 5.35. The number of amides is 1. The summed E-state index contributed by atoms with van der Waals surface area (Å²) in [5.74, 6) is 1.14. The summed E-state index contributed by atoms with van der Waals surface area (Å²) in [5, 5.41) is 2.84. The number of rotatable bonds is 7. The largest absolute Gasteiger partial charge is 0.366 e. The van der Waals surface area contributed by atoms with Crippen molar-refractivity contribution in [3.8, 4) is 0 Å². The first-order chi connectivity index (χ1) is 6.95. The van der Waals surface area contributed by atoms with Gasteiger partial charge in [0.05, 0.1) is 5.60 Å². The topological polar surface area (TPSA) is 38.3 Å². The summed E-state index contributed by atoms with van der Waals surface area (Å²) in [6.07, 6.45) is 4.29. The molecular formula is C11H23NO2S. The molecule has 15 heavy (non-hydrogen) atoms. The maximum atomic E-state index is 11.3. The Balaban J connectivity index is 3.34. The highest BCUT2D eigenvalue weighted by Crippen LogP contribution is 2.05. The number of hydrogen-bond acceptors (Lipinski definition) is 3. The van der Waals surface area contributed by atoms with Crippen LogP contribution >= 0.6 is 11.8 Å². The summed E-state index contributed by atoms with van der Waals surface area (Å²) < 4.78 is 5.35. The van der Waals surface area contributed by atoms with Gasteiger partial charge in [0, 0.05) is 6.54 Å². The van der Waals surface area contributed by atoms with Crippen molar-refractivity contribution < 1.29 is 9.53 Å². The molecule has 0 aliphatic heterocycles. The number of carbonyl (C=O) groups excluding carboxylic acids is 1. The Bertz CT molecular complexity index is 178. The smallest absolute Gasteiger partial charge is 0.246 e. The van der Waals surface area contributed by atoms with Gasteiger partial charge in [0.15, 0.2) is 0 Å². The van der Waals surface area contributed by atoms with Gasteiger partial charge in [-0.1, -0.05) is 0 Å². The van der Waals surface area contributed by atoms with Gasteiger partial charge in [-0.3, -0.25) is 4.79 Å². The fourth-order valence-corrected chi connectivity index (χ4v) is 1.43. The number of nitrogens with one attached hydrogen (secondary N) is 1. The predicted octanol–water partition coefficient (Wildman–Crippen LogP) is 2.06. The van der Waals surface area contributed by atoms with Crippen molar-refractivity contribution in [1.29, 1.82) is 0 Å². The number of hydrogen-bond donors (Lipinski definition) is 1. The molecule has 0 aromatic heterocycles. The van der Waals surface area contributed by atoms with Crippen molar-refractivity contribution in [3.05, 3.63) is 0 Å². The van der Waals surface area contributed by atoms with Crippen LogP contribution < -0.4 is 5.32 Å². The van der Waals surface area contributed by atoms with Crippen molar-refractivity contribution in [3.63, 3.8) is 0 Å². The van der Waals surface area contributed by atoms with E-state index >= 15 is 0 Å². The molecule has 0 unspecified atom stereocenters. The first kappa shape index (κ1) is 14.8. The molecule has 0 aromatic rings. The highest BCUT2D eigenvalue weighted by Gasteiger charge is 2.12. The minimum Gasteiger partial charge on any atom is -0.366 e. The second kappa shape index (κ2) is 7.99. The van der Waals surface area contributed by atoms with Crippen LogP contribution in [-0.4, -0.2) is 36.7 Å². The summed E-state index contributed by atoms with van der Waals surface area (Å²) in [4.78, 5) is 11.3. The van der Waals surface area contributed by atoms with E-state index in [2.05, 4.69) is 11.6 Å². The van der Waals surface area contributed by atoms with E-state index in [1.165, 1.54) is 0 Å². The molecule has 0 aliphatic rings. The molecule has 0 saturated carbocycles. The fraction of sp³-hybridized carbons (Fsp3) is 0.909. The van der Waals surface area contributed by atoms with Crippen LogP contribution in [0.3, 0.4) is 0 Å². The summed E-state index contributed by atoms with van der Waals surface area (Å²) >= 11 is 1.84. The molecule has 0 atom stereocenters. The maximum Gasteiger partial charge on any atom is 0.246 e. The Hall–Kier alpha value is -0.220. The van der Waals surface area contributed by atoms with Crippen LogP contribution in [0.25, 0.3) is 0 Å². The van der Waals surface area contributed by atoms with Crippen LogP contribution in [0.1, 0.15) is 33.6 Å². The Morgan fingerprint density at radius 2 is 2.00 bits per heavy atom. The third kappa shape index (κ3) is 11.7. The highest BCUT2D eigenvalue weighted by molar-refractivity contribution is 7.98. The zero-order chi connectivity index (χ0) is 11.7. The maximum absolute atomic E-state index is 11.3. The van der Waals surface area contributed by atoms with Crippen LogP contribution in [-0.2, 0) is 9.53 Å². The number of ether oxygens (including phenoxy) is 1. The summed E-state index contributed by atoms with van der Waals surface area (Å²) in [7, 11) is 0. The van der Waals surface area contributed by atoms with Crippen molar-refractivity contribution in [2.75, 3.05) is 25.2 Å². The summed E-state index contributed by atoms with van der Waals surface area (Å²) in [5.41, 5.74) is -0.240. The van der Waals surface area contributed by atoms with E-state index in [9.17, 15) is 4.79 Å². The standard InChI is InChI=1S/C11H23NO2S/c1-11(2,3)14-9-10(13)12-7-5-6-8-15-4/h5-9H2,1-4H3,(H,12,13). The van der Waals surface area contributed by atoms with Gasteiger partial charge in [-0.15, -0.1) is 0 Å². The minimum atomic E-state index is -0.240. The van der Waals surface area contributed by atoms with Gasteiger partial charge in [0.2, 0.25) is 5.91 Å². The monoisotopic (exact) mass is 233 g/mol. The van der Waals surface area contributed by atoms with E-state index < -0.39 is 0 Å². The van der Waals surface area contributed by atoms with E-state index in [0.717, 1.165) is 25.1 Å². The van der Waals surface area contributed by atoms with Crippen LogP contribution in [0.5, 0.6) is 0 Å². The van der Waals surface area contributed by atoms with Crippen molar-refractivity contribution in [2.45, 2.75) is 39.2 Å². The van der Waals surface area contributed by atoms with Gasteiger partial charge in [0.25, 0.3) is 0 Å². The van der Waals surface area contributed by atoms with E-state index in [1.54, 1.807) is 0 Å². The molecule has 0 radical (unpaired) electrons. The molecule has 0 rings (SSSR count). The van der Waals surface area contributed by atoms with Gasteiger partial charge < -0.3 is 10.1 Å². The average Bonchev–Trinajstić information content (AvgIpc) is 2.13. The lowest BCUT2D eigenvalue weighted by Gasteiger charge is -2.18. The van der Waals surface area contributed by atoms with Gasteiger partial charge >= 0.3 is 0 Å². The first-order valence-corrected chi connectivity index (χ1v) is 6.74. The third-order valence-corrected chi connectivity index (χ3v) is 2.43. The lowest BCUT2D eigenvalue weighted by atomic mass is 10.2. The Morgan fingerprint density at radius 1 is 1.33 bits per heavy atom. The summed E-state index contributed by atoms with van der Waals surface area (Å²) in [6, 6.07) is 0. The van der Waals surface area contributed by atoms with Gasteiger partial charge in [-0.05, 0) is 45.6 Å². The van der Waals surface area contributed by atoms with Gasteiger partial charge in [-0.2, -0.15) is 11.8 Å². The second-order valence-corrected chi connectivity index (χ2v) is 5.44. The molecule has 0 aliphatic carbocycles. The predicted molar refractivity (Wildman–Crippen MR) is 66.3 cm³/mol. The lowest BCUT2D eigenvalue weighted by Crippen LogP contribution is -2.32. The molecule has 0 saturated heterocycles. The van der Waals surface area contributed by atoms with Crippen molar-refractivity contribution in [2.24, 2.45) is 0 Å². The third-order valence-electron chi connectivity index (χ3n) is 1.73. The zero-order valence-electron chi connectivity index (χ0n) is 10.3. The highest BCUT2D eigenvalue weighted by atomic mass is 32.2. The number of thioether (sulfide) groups is 1. The van der Waals surface area contributed by atoms with Crippen molar-refractivity contribution in [1.82, 2.24) is 5.32 Å². The van der Waals surface area contributed by atoms with E-state index in [0.29, 0.717) is 0 Å². The van der Waals surface area contributed by atoms with E-state index in [-0.39, 0.29) is 18.1 Å². The molecule has 0 bridgehead atoms. The van der Waals surface area contributed by atoms with Crippen LogP contribution in [0.2, 0.25) is 0 Å². The van der Waals surface area contributed by atoms with Gasteiger partial charge in [0.1, 0.15) is 6.61 Å². The molecule has 4 heteroatoms. The molecule has 90 valence electrons. The molecular weight excluding hydrogens is 210 g/mol. The van der Waals surface area contributed by atoms with E-state index in [1.807, 2.05) is 32.5 Å². The van der Waals surface area contributed by atoms with Gasteiger partial charge in [-0.25, -0.2) is 0 Å². The molecule has 1 amide bonds. The quantitative estimate of drug-likeness (QED) is 0.684. The van der Waals surface area contributed by atoms with Crippen LogP contribution in [0.4, 0.5) is 0 Å². The molecule has 1 N–H and O–H groups in total. The SMILES string of the molecule is CSCCCCNC(=O)COC(C)(C)C. The minimum absolute atomic E-state index is 0.0194. The fourth-order valence-electron chi connectivity index (χ4n) is 0.932. The zero-order valence-corrected chi connectivity index (χ0v) is 11.1. The lowest BCUT2D eigenvalue weighted by molar-refractivity contribution is -0.130. The Labute approximate surface area is 97.3 Å². The number of unbranched alkanes of at least 4 members (excludes halogenated alkanes) is 1. The summed E-state index contributed by atoms with van der Waals surface area (Å²) in [6.45, 7) is 6.75. The number of carbonyl (C=O) groups is 1. The van der Waals surface area contributed by atoms with Crippen LogP contribution in [0, 0.1) is 0 Å². The molecule has 0 spiro atoms.